The zero-order valence-electron chi connectivity index (χ0n) is 6.90. The SMILES string of the molecule is N[C@@](O)(CF)c1ccccc1C=O. The van der Waals surface area contributed by atoms with E-state index in [2.05, 4.69) is 0 Å². The third kappa shape index (κ3) is 1.91. The van der Waals surface area contributed by atoms with E-state index in [0.717, 1.165) is 0 Å². The number of carbonyl (C=O) groups is 1. The lowest BCUT2D eigenvalue weighted by molar-refractivity contribution is 0.0168. The Morgan fingerprint density at radius 3 is 2.69 bits per heavy atom. The topological polar surface area (TPSA) is 63.3 Å². The standard InChI is InChI=1S/C9H10FNO2/c10-6-9(11,13)8-4-2-1-3-7(8)5-12/h1-5,13H,6,11H2/t9-/m1/s1. The number of aliphatic hydroxyl groups is 1. The lowest BCUT2D eigenvalue weighted by Gasteiger charge is -2.20. The first-order valence-corrected chi connectivity index (χ1v) is 3.73. The molecule has 70 valence electrons. The summed E-state index contributed by atoms with van der Waals surface area (Å²) in [5, 5.41) is 9.35. The quantitative estimate of drug-likeness (QED) is 0.532. The summed E-state index contributed by atoms with van der Waals surface area (Å²) in [6.45, 7) is -1.13. The van der Waals surface area contributed by atoms with Gasteiger partial charge in [-0.1, -0.05) is 24.3 Å². The third-order valence-corrected chi connectivity index (χ3v) is 1.76. The van der Waals surface area contributed by atoms with Gasteiger partial charge in [-0.25, -0.2) is 4.39 Å². The summed E-state index contributed by atoms with van der Waals surface area (Å²) in [6, 6.07) is 6.08. The van der Waals surface area contributed by atoms with Crippen molar-refractivity contribution in [3.8, 4) is 0 Å². The van der Waals surface area contributed by atoms with Gasteiger partial charge in [-0.2, -0.15) is 0 Å². The Bertz CT molecular complexity index is 312. The van der Waals surface area contributed by atoms with Gasteiger partial charge in [0, 0.05) is 11.1 Å². The third-order valence-electron chi connectivity index (χ3n) is 1.76. The molecule has 1 rings (SSSR count). The molecule has 0 unspecified atom stereocenters. The summed E-state index contributed by atoms with van der Waals surface area (Å²) in [7, 11) is 0. The molecule has 0 spiro atoms. The van der Waals surface area contributed by atoms with Crippen molar-refractivity contribution >= 4 is 6.29 Å². The highest BCUT2D eigenvalue weighted by Gasteiger charge is 2.25. The number of hydrogen-bond acceptors (Lipinski definition) is 3. The maximum Gasteiger partial charge on any atom is 0.169 e. The minimum Gasteiger partial charge on any atom is -0.369 e. The number of hydrogen-bond donors (Lipinski definition) is 2. The van der Waals surface area contributed by atoms with E-state index in [9.17, 15) is 14.3 Å². The highest BCUT2D eigenvalue weighted by Crippen LogP contribution is 2.18. The molecule has 0 heterocycles. The van der Waals surface area contributed by atoms with Crippen molar-refractivity contribution in [1.82, 2.24) is 0 Å². The number of carbonyl (C=O) groups excluding carboxylic acids is 1. The molecule has 0 aliphatic carbocycles. The highest BCUT2D eigenvalue weighted by atomic mass is 19.1. The Hall–Kier alpha value is -1.26. The van der Waals surface area contributed by atoms with Crippen LogP contribution >= 0.6 is 0 Å². The van der Waals surface area contributed by atoms with Gasteiger partial charge in [-0.3, -0.25) is 10.5 Å². The predicted octanol–water partition coefficient (Wildman–Crippen LogP) is 0.572. The molecule has 0 aliphatic rings. The molecule has 3 nitrogen and oxygen atoms in total. The molecule has 1 aromatic carbocycles. The second kappa shape index (κ2) is 3.64. The molecule has 4 heteroatoms. The van der Waals surface area contributed by atoms with E-state index in [0.29, 0.717) is 6.29 Å². The normalized spacial score (nSPS) is 15.0. The van der Waals surface area contributed by atoms with E-state index >= 15 is 0 Å². The Morgan fingerprint density at radius 1 is 1.54 bits per heavy atom. The summed E-state index contributed by atoms with van der Waals surface area (Å²) >= 11 is 0. The first-order chi connectivity index (χ1) is 6.11. The average Bonchev–Trinajstić information content (AvgIpc) is 2.18. The van der Waals surface area contributed by atoms with Crippen molar-refractivity contribution in [2.24, 2.45) is 5.73 Å². The smallest absolute Gasteiger partial charge is 0.169 e. The molecule has 0 saturated heterocycles. The van der Waals surface area contributed by atoms with E-state index in [1.807, 2.05) is 0 Å². The second-order valence-corrected chi connectivity index (χ2v) is 2.76. The largest absolute Gasteiger partial charge is 0.369 e. The summed E-state index contributed by atoms with van der Waals surface area (Å²) < 4.78 is 12.3. The van der Waals surface area contributed by atoms with Gasteiger partial charge in [0.2, 0.25) is 0 Å². The van der Waals surface area contributed by atoms with Crippen LogP contribution in [0, 0.1) is 0 Å². The van der Waals surface area contributed by atoms with Gasteiger partial charge < -0.3 is 5.11 Å². The number of alkyl halides is 1. The van der Waals surface area contributed by atoms with Crippen LogP contribution < -0.4 is 5.73 Å². The Labute approximate surface area is 75.0 Å². The van der Waals surface area contributed by atoms with Gasteiger partial charge >= 0.3 is 0 Å². The second-order valence-electron chi connectivity index (χ2n) is 2.76. The van der Waals surface area contributed by atoms with Crippen LogP contribution in [0.15, 0.2) is 24.3 Å². The van der Waals surface area contributed by atoms with E-state index < -0.39 is 12.4 Å². The van der Waals surface area contributed by atoms with Crippen molar-refractivity contribution in [1.29, 1.82) is 0 Å². The van der Waals surface area contributed by atoms with Crippen LogP contribution in [-0.4, -0.2) is 18.1 Å². The molecule has 3 N–H and O–H groups in total. The predicted molar refractivity (Wildman–Crippen MR) is 45.9 cm³/mol. The van der Waals surface area contributed by atoms with Gasteiger partial charge in [0.05, 0.1) is 0 Å². The highest BCUT2D eigenvalue weighted by molar-refractivity contribution is 5.77. The number of benzene rings is 1. The van der Waals surface area contributed by atoms with Gasteiger partial charge in [-0.15, -0.1) is 0 Å². The van der Waals surface area contributed by atoms with Crippen LogP contribution in [0.2, 0.25) is 0 Å². The maximum atomic E-state index is 12.3. The molecule has 0 radical (unpaired) electrons. The molecular weight excluding hydrogens is 173 g/mol. The molecule has 0 amide bonds. The van der Waals surface area contributed by atoms with Crippen molar-refractivity contribution in [3.63, 3.8) is 0 Å². The molecule has 13 heavy (non-hydrogen) atoms. The Morgan fingerprint density at radius 2 is 2.15 bits per heavy atom. The summed E-state index contributed by atoms with van der Waals surface area (Å²) in [6.07, 6.45) is 0.531. The molecule has 1 aromatic rings. The van der Waals surface area contributed by atoms with Crippen LogP contribution in [0.4, 0.5) is 4.39 Å². The number of rotatable bonds is 3. The van der Waals surface area contributed by atoms with E-state index in [1.165, 1.54) is 12.1 Å². The molecule has 0 saturated carbocycles. The minimum atomic E-state index is -2.07. The lowest BCUT2D eigenvalue weighted by Crippen LogP contribution is -2.39. The van der Waals surface area contributed by atoms with Gasteiger partial charge in [-0.05, 0) is 0 Å². The van der Waals surface area contributed by atoms with Crippen molar-refractivity contribution in [2.45, 2.75) is 5.72 Å². The molecule has 0 aliphatic heterocycles. The fourth-order valence-electron chi connectivity index (χ4n) is 1.07. The lowest BCUT2D eigenvalue weighted by atomic mass is 9.99. The minimum absolute atomic E-state index is 0.104. The van der Waals surface area contributed by atoms with E-state index in [-0.39, 0.29) is 11.1 Å². The zero-order chi connectivity index (χ0) is 9.90. The number of halogens is 1. The van der Waals surface area contributed by atoms with Crippen LogP contribution in [0.25, 0.3) is 0 Å². The molecule has 0 fully saturated rings. The molecule has 0 bridgehead atoms. The van der Waals surface area contributed by atoms with Crippen LogP contribution in [0.5, 0.6) is 0 Å². The Balaban J connectivity index is 3.20. The van der Waals surface area contributed by atoms with Crippen LogP contribution in [0.3, 0.4) is 0 Å². The first-order valence-electron chi connectivity index (χ1n) is 3.73. The van der Waals surface area contributed by atoms with Crippen LogP contribution in [-0.2, 0) is 5.72 Å². The molecule has 1 atom stereocenters. The van der Waals surface area contributed by atoms with Gasteiger partial charge in [0.25, 0.3) is 0 Å². The zero-order valence-corrected chi connectivity index (χ0v) is 6.90. The molecular formula is C9H10FNO2. The average molecular weight is 183 g/mol. The number of aldehydes is 1. The summed E-state index contributed by atoms with van der Waals surface area (Å²) in [5.74, 6) is 0. The number of nitrogens with two attached hydrogens (primary N) is 1. The fraction of sp³-hybridized carbons (Fsp3) is 0.222. The summed E-state index contributed by atoms with van der Waals surface area (Å²) in [5.41, 5.74) is 3.47. The van der Waals surface area contributed by atoms with Crippen LogP contribution in [0.1, 0.15) is 15.9 Å². The maximum absolute atomic E-state index is 12.3. The van der Waals surface area contributed by atoms with E-state index in [1.54, 1.807) is 12.1 Å². The van der Waals surface area contributed by atoms with Gasteiger partial charge in [0.1, 0.15) is 13.0 Å². The van der Waals surface area contributed by atoms with Crippen molar-refractivity contribution in [3.05, 3.63) is 35.4 Å². The van der Waals surface area contributed by atoms with Gasteiger partial charge in [0.15, 0.2) is 5.72 Å². The van der Waals surface area contributed by atoms with E-state index in [4.69, 9.17) is 5.73 Å². The first kappa shape index (κ1) is 9.83. The van der Waals surface area contributed by atoms with Crippen molar-refractivity contribution < 1.29 is 14.3 Å². The Kier molecular flexibility index (Phi) is 2.75. The van der Waals surface area contributed by atoms with Crippen molar-refractivity contribution in [2.75, 3.05) is 6.67 Å². The monoisotopic (exact) mass is 183 g/mol. The fourth-order valence-corrected chi connectivity index (χ4v) is 1.07. The molecule has 0 aromatic heterocycles. The summed E-state index contributed by atoms with van der Waals surface area (Å²) in [4.78, 5) is 10.5.